The van der Waals surface area contributed by atoms with E-state index < -0.39 is 5.60 Å². The van der Waals surface area contributed by atoms with Crippen LogP contribution in [0, 0.1) is 0 Å². The van der Waals surface area contributed by atoms with Crippen molar-refractivity contribution in [3.8, 4) is 10.6 Å². The Kier molecular flexibility index (Phi) is 4.11. The molecule has 0 aromatic carbocycles. The van der Waals surface area contributed by atoms with Crippen LogP contribution in [-0.2, 0) is 0 Å². The first-order valence-electron chi connectivity index (χ1n) is 6.23. The van der Waals surface area contributed by atoms with E-state index >= 15 is 0 Å². The van der Waals surface area contributed by atoms with Crippen molar-refractivity contribution < 1.29 is 9.90 Å². The molecule has 2 aromatic heterocycles. The monoisotopic (exact) mass is 326 g/mol. The van der Waals surface area contributed by atoms with Gasteiger partial charge in [0.2, 0.25) is 0 Å². The molecule has 3 heterocycles. The number of nitrogens with zero attached hydrogens (tertiary/aromatic N) is 1. The number of amides is 1. The molecule has 2 N–H and O–H groups in total. The van der Waals surface area contributed by atoms with E-state index in [9.17, 15) is 9.90 Å². The third-order valence-corrected chi connectivity index (χ3v) is 5.97. The van der Waals surface area contributed by atoms with Crippen molar-refractivity contribution in [1.29, 1.82) is 0 Å². The lowest BCUT2D eigenvalue weighted by Crippen LogP contribution is -2.43. The van der Waals surface area contributed by atoms with Gasteiger partial charge in [-0.25, -0.2) is 4.98 Å². The molecule has 0 spiro atoms. The van der Waals surface area contributed by atoms with Crippen LogP contribution < -0.4 is 5.32 Å². The van der Waals surface area contributed by atoms with Gasteiger partial charge in [0.05, 0.1) is 5.60 Å². The zero-order valence-corrected chi connectivity index (χ0v) is 13.1. The molecule has 106 valence electrons. The fraction of sp³-hybridized carbons (Fsp3) is 0.385. The third-order valence-electron chi connectivity index (χ3n) is 3.17. The van der Waals surface area contributed by atoms with Crippen LogP contribution in [-0.4, -0.2) is 39.6 Å². The molecule has 20 heavy (non-hydrogen) atoms. The highest BCUT2D eigenvalue weighted by atomic mass is 32.2. The van der Waals surface area contributed by atoms with E-state index in [0.29, 0.717) is 18.0 Å². The highest BCUT2D eigenvalue weighted by molar-refractivity contribution is 7.99. The Hall–Kier alpha value is -0.890. The van der Waals surface area contributed by atoms with Crippen molar-refractivity contribution in [1.82, 2.24) is 10.3 Å². The van der Waals surface area contributed by atoms with Gasteiger partial charge in [-0.2, -0.15) is 23.1 Å². The Morgan fingerprint density at radius 3 is 3.10 bits per heavy atom. The maximum absolute atomic E-state index is 12.0. The summed E-state index contributed by atoms with van der Waals surface area (Å²) in [6.07, 6.45) is 0.731. The number of carbonyl (C=O) groups excluding carboxylic acids is 1. The maximum atomic E-state index is 12.0. The number of aromatic nitrogens is 1. The van der Waals surface area contributed by atoms with Gasteiger partial charge in [0.15, 0.2) is 0 Å². The summed E-state index contributed by atoms with van der Waals surface area (Å²) in [5.41, 5.74) is 0.710. The van der Waals surface area contributed by atoms with E-state index in [1.165, 1.54) is 11.3 Å². The molecule has 0 saturated carbocycles. The third kappa shape index (κ3) is 3.06. The Morgan fingerprint density at radius 1 is 1.50 bits per heavy atom. The number of hydrogen-bond acceptors (Lipinski definition) is 6. The Morgan fingerprint density at radius 2 is 2.40 bits per heavy atom. The number of rotatable bonds is 4. The number of hydrogen-bond donors (Lipinski definition) is 2. The van der Waals surface area contributed by atoms with E-state index in [2.05, 4.69) is 10.3 Å². The lowest BCUT2D eigenvalue weighted by Gasteiger charge is -2.21. The molecule has 1 amide bonds. The highest BCUT2D eigenvalue weighted by Gasteiger charge is 2.32. The minimum Gasteiger partial charge on any atom is -0.387 e. The van der Waals surface area contributed by atoms with Crippen LogP contribution >= 0.6 is 34.4 Å². The predicted octanol–water partition coefficient (Wildman–Crippen LogP) is 2.47. The van der Waals surface area contributed by atoms with E-state index in [1.54, 1.807) is 28.5 Å². The quantitative estimate of drug-likeness (QED) is 0.906. The van der Waals surface area contributed by atoms with Crippen LogP contribution in [0.25, 0.3) is 10.6 Å². The van der Waals surface area contributed by atoms with Gasteiger partial charge in [0.1, 0.15) is 10.7 Å². The largest absolute Gasteiger partial charge is 0.387 e. The second-order valence-electron chi connectivity index (χ2n) is 4.76. The fourth-order valence-electron chi connectivity index (χ4n) is 1.97. The summed E-state index contributed by atoms with van der Waals surface area (Å²) in [5.74, 6) is 1.42. The van der Waals surface area contributed by atoms with Crippen molar-refractivity contribution in [2.75, 3.05) is 18.1 Å². The van der Waals surface area contributed by atoms with Crippen LogP contribution in [0.4, 0.5) is 0 Å². The van der Waals surface area contributed by atoms with Crippen LogP contribution in [0.15, 0.2) is 22.2 Å². The first-order valence-corrected chi connectivity index (χ1v) is 9.20. The first-order chi connectivity index (χ1) is 9.66. The lowest BCUT2D eigenvalue weighted by atomic mass is 10.0. The Balaban J connectivity index is 1.63. The lowest BCUT2D eigenvalue weighted by molar-refractivity contribution is 0.0611. The number of aliphatic hydroxyl groups is 1. The molecule has 1 saturated heterocycles. The van der Waals surface area contributed by atoms with Crippen LogP contribution in [0.5, 0.6) is 0 Å². The zero-order valence-electron chi connectivity index (χ0n) is 10.7. The SMILES string of the molecule is O=C(NCC1(O)CCSC1)c1csc(-c2ccsc2)n1. The molecule has 0 radical (unpaired) electrons. The van der Waals surface area contributed by atoms with Gasteiger partial charge in [-0.1, -0.05) is 0 Å². The van der Waals surface area contributed by atoms with E-state index in [-0.39, 0.29) is 5.91 Å². The van der Waals surface area contributed by atoms with Crippen LogP contribution in [0.2, 0.25) is 0 Å². The molecular formula is C13H14N2O2S3. The molecule has 1 atom stereocenters. The summed E-state index contributed by atoms with van der Waals surface area (Å²) >= 11 is 4.79. The van der Waals surface area contributed by atoms with Crippen molar-refractivity contribution in [3.63, 3.8) is 0 Å². The molecule has 2 aromatic rings. The highest BCUT2D eigenvalue weighted by Crippen LogP contribution is 2.28. The molecule has 1 aliphatic heterocycles. The summed E-state index contributed by atoms with van der Waals surface area (Å²) in [6.45, 7) is 0.296. The van der Waals surface area contributed by atoms with Gasteiger partial charge in [-0.05, 0) is 23.6 Å². The molecular weight excluding hydrogens is 312 g/mol. The Bertz CT molecular complexity index is 589. The summed E-state index contributed by atoms with van der Waals surface area (Å²) in [5, 5.41) is 19.6. The van der Waals surface area contributed by atoms with Gasteiger partial charge in [-0.3, -0.25) is 4.79 Å². The molecule has 1 unspecified atom stereocenters. The average molecular weight is 326 g/mol. The second kappa shape index (κ2) is 5.85. The zero-order chi connectivity index (χ0) is 14.0. The van der Waals surface area contributed by atoms with Crippen LogP contribution in [0.3, 0.4) is 0 Å². The predicted molar refractivity (Wildman–Crippen MR) is 84.7 cm³/mol. The number of carbonyl (C=O) groups is 1. The molecule has 1 fully saturated rings. The summed E-state index contributed by atoms with van der Waals surface area (Å²) in [4.78, 5) is 16.4. The molecule has 1 aliphatic rings. The summed E-state index contributed by atoms with van der Waals surface area (Å²) in [7, 11) is 0. The van der Waals surface area contributed by atoms with Crippen molar-refractivity contribution >= 4 is 40.3 Å². The minimum atomic E-state index is -0.757. The van der Waals surface area contributed by atoms with Gasteiger partial charge < -0.3 is 10.4 Å². The van der Waals surface area contributed by atoms with Crippen molar-refractivity contribution in [2.45, 2.75) is 12.0 Å². The van der Waals surface area contributed by atoms with E-state index in [1.807, 2.05) is 16.8 Å². The summed E-state index contributed by atoms with van der Waals surface area (Å²) in [6, 6.07) is 1.99. The smallest absolute Gasteiger partial charge is 0.270 e. The second-order valence-corrected chi connectivity index (χ2v) is 7.50. The average Bonchev–Trinajstić information content (AvgIpc) is 3.16. The van der Waals surface area contributed by atoms with Gasteiger partial charge >= 0.3 is 0 Å². The number of thiazole rings is 1. The number of thiophene rings is 1. The standard InChI is InChI=1S/C13H14N2O2S3/c16-11(14-7-13(17)2-4-19-8-13)10-6-20-12(15-10)9-1-3-18-5-9/h1,3,5-6,17H,2,4,7-8H2,(H,14,16). The normalized spacial score (nSPS) is 22.1. The fourth-order valence-corrected chi connectivity index (χ4v) is 4.78. The number of thioether (sulfide) groups is 1. The molecule has 0 bridgehead atoms. The van der Waals surface area contributed by atoms with Gasteiger partial charge in [0.25, 0.3) is 5.91 Å². The van der Waals surface area contributed by atoms with E-state index in [0.717, 1.165) is 22.7 Å². The summed E-state index contributed by atoms with van der Waals surface area (Å²) < 4.78 is 0. The van der Waals surface area contributed by atoms with Crippen LogP contribution in [0.1, 0.15) is 16.9 Å². The Labute approximate surface area is 129 Å². The number of nitrogens with one attached hydrogen (secondary N) is 1. The topological polar surface area (TPSA) is 62.2 Å². The maximum Gasteiger partial charge on any atom is 0.270 e. The molecule has 0 aliphatic carbocycles. The van der Waals surface area contributed by atoms with Gasteiger partial charge in [-0.15, -0.1) is 11.3 Å². The molecule has 7 heteroatoms. The minimum absolute atomic E-state index is 0.215. The molecule has 3 rings (SSSR count). The van der Waals surface area contributed by atoms with Crippen molar-refractivity contribution in [3.05, 3.63) is 27.9 Å². The van der Waals surface area contributed by atoms with Gasteiger partial charge in [0, 0.05) is 28.6 Å². The molecule has 4 nitrogen and oxygen atoms in total. The van der Waals surface area contributed by atoms with E-state index in [4.69, 9.17) is 0 Å². The van der Waals surface area contributed by atoms with Crippen molar-refractivity contribution in [2.24, 2.45) is 0 Å². The first kappa shape index (κ1) is 14.1.